The summed E-state index contributed by atoms with van der Waals surface area (Å²) in [4.78, 5) is 11.2. The highest BCUT2D eigenvalue weighted by atomic mass is 16.8. The SMILES string of the molecule is CCCCCCOC(=O)OC(C)(C)OCC. The van der Waals surface area contributed by atoms with E-state index in [1.165, 1.54) is 12.8 Å². The highest BCUT2D eigenvalue weighted by Crippen LogP contribution is 2.12. The van der Waals surface area contributed by atoms with Crippen molar-refractivity contribution in [3.63, 3.8) is 0 Å². The lowest BCUT2D eigenvalue weighted by Crippen LogP contribution is -2.31. The fourth-order valence-electron chi connectivity index (χ4n) is 1.29. The topological polar surface area (TPSA) is 44.8 Å². The highest BCUT2D eigenvalue weighted by Gasteiger charge is 2.23. The van der Waals surface area contributed by atoms with Crippen molar-refractivity contribution in [3.05, 3.63) is 0 Å². The molecule has 0 aliphatic rings. The third-order valence-electron chi connectivity index (χ3n) is 2.04. The number of carbonyl (C=O) groups is 1. The molecule has 0 saturated heterocycles. The van der Waals surface area contributed by atoms with Crippen LogP contribution in [0.3, 0.4) is 0 Å². The average molecular weight is 232 g/mol. The summed E-state index contributed by atoms with van der Waals surface area (Å²) >= 11 is 0. The molecule has 16 heavy (non-hydrogen) atoms. The van der Waals surface area contributed by atoms with Gasteiger partial charge >= 0.3 is 6.16 Å². The normalized spacial score (nSPS) is 11.2. The molecule has 4 nitrogen and oxygen atoms in total. The Bertz CT molecular complexity index is 189. The minimum absolute atomic E-state index is 0.418. The number of hydrogen-bond acceptors (Lipinski definition) is 4. The molecule has 0 spiro atoms. The third kappa shape index (κ3) is 8.53. The Kier molecular flexibility index (Phi) is 7.99. The number of unbranched alkanes of at least 4 members (excludes halogenated alkanes) is 3. The minimum atomic E-state index is -0.907. The van der Waals surface area contributed by atoms with Gasteiger partial charge in [0.2, 0.25) is 5.79 Å². The standard InChI is InChI=1S/C12H24O4/c1-5-7-8-9-10-14-11(13)16-12(3,4)15-6-2/h5-10H2,1-4H3. The monoisotopic (exact) mass is 232 g/mol. The van der Waals surface area contributed by atoms with Crippen molar-refractivity contribution in [1.82, 2.24) is 0 Å². The van der Waals surface area contributed by atoms with Gasteiger partial charge in [0.1, 0.15) is 0 Å². The zero-order valence-corrected chi connectivity index (χ0v) is 10.9. The van der Waals surface area contributed by atoms with Crippen LogP contribution in [0, 0.1) is 0 Å². The van der Waals surface area contributed by atoms with Crippen molar-refractivity contribution in [1.29, 1.82) is 0 Å². The molecule has 0 unspecified atom stereocenters. The summed E-state index contributed by atoms with van der Waals surface area (Å²) in [5, 5.41) is 0. The Hall–Kier alpha value is -0.770. The molecule has 0 rings (SSSR count). The smallest absolute Gasteiger partial charge is 0.434 e. The van der Waals surface area contributed by atoms with E-state index in [9.17, 15) is 4.79 Å². The fraction of sp³-hybridized carbons (Fsp3) is 0.917. The maximum atomic E-state index is 11.2. The van der Waals surface area contributed by atoms with E-state index in [4.69, 9.17) is 14.2 Å². The molecule has 96 valence electrons. The van der Waals surface area contributed by atoms with E-state index in [0.717, 1.165) is 12.8 Å². The van der Waals surface area contributed by atoms with Gasteiger partial charge in [-0.2, -0.15) is 0 Å². The first-order valence-electron chi connectivity index (χ1n) is 6.01. The van der Waals surface area contributed by atoms with Crippen LogP contribution in [0.25, 0.3) is 0 Å². The first-order chi connectivity index (χ1) is 7.52. The van der Waals surface area contributed by atoms with Gasteiger partial charge in [0.05, 0.1) is 6.61 Å². The van der Waals surface area contributed by atoms with Gasteiger partial charge in [0.15, 0.2) is 0 Å². The Morgan fingerprint density at radius 2 is 1.81 bits per heavy atom. The van der Waals surface area contributed by atoms with Gasteiger partial charge < -0.3 is 14.2 Å². The predicted molar refractivity (Wildman–Crippen MR) is 62.3 cm³/mol. The average Bonchev–Trinajstić information content (AvgIpc) is 2.16. The van der Waals surface area contributed by atoms with Crippen LogP contribution in [0.1, 0.15) is 53.4 Å². The summed E-state index contributed by atoms with van der Waals surface area (Å²) < 4.78 is 15.2. The van der Waals surface area contributed by atoms with Crippen molar-refractivity contribution >= 4 is 6.16 Å². The molecule has 0 amide bonds. The summed E-state index contributed by atoms with van der Waals surface area (Å²) in [5.74, 6) is -0.907. The van der Waals surface area contributed by atoms with Crippen molar-refractivity contribution < 1.29 is 19.0 Å². The maximum absolute atomic E-state index is 11.2. The van der Waals surface area contributed by atoms with Gasteiger partial charge in [-0.1, -0.05) is 26.2 Å². The molecule has 0 aromatic heterocycles. The second-order valence-electron chi connectivity index (χ2n) is 4.09. The van der Waals surface area contributed by atoms with E-state index < -0.39 is 11.9 Å². The van der Waals surface area contributed by atoms with E-state index in [0.29, 0.717) is 13.2 Å². The van der Waals surface area contributed by atoms with Crippen LogP contribution in [-0.2, 0) is 14.2 Å². The zero-order valence-electron chi connectivity index (χ0n) is 10.9. The quantitative estimate of drug-likeness (QED) is 0.365. The molecule has 0 bridgehead atoms. The molecule has 0 atom stereocenters. The first kappa shape index (κ1) is 15.2. The summed E-state index contributed by atoms with van der Waals surface area (Å²) in [6, 6.07) is 0. The Labute approximate surface area is 98.3 Å². The highest BCUT2D eigenvalue weighted by molar-refractivity contribution is 5.60. The molecule has 0 radical (unpaired) electrons. The second kappa shape index (κ2) is 8.39. The van der Waals surface area contributed by atoms with Crippen LogP contribution >= 0.6 is 0 Å². The zero-order chi connectivity index (χ0) is 12.4. The Morgan fingerprint density at radius 1 is 1.12 bits per heavy atom. The lowest BCUT2D eigenvalue weighted by atomic mass is 10.2. The molecule has 0 aliphatic heterocycles. The predicted octanol–water partition coefficient (Wildman–Crippen LogP) is 3.49. The van der Waals surface area contributed by atoms with E-state index in [-0.39, 0.29) is 0 Å². The van der Waals surface area contributed by atoms with Gasteiger partial charge in [-0.15, -0.1) is 0 Å². The van der Waals surface area contributed by atoms with Crippen LogP contribution < -0.4 is 0 Å². The number of rotatable bonds is 8. The molecule has 0 aliphatic carbocycles. The third-order valence-corrected chi connectivity index (χ3v) is 2.04. The molecule has 0 heterocycles. The summed E-state index contributed by atoms with van der Waals surface area (Å²) in [6.07, 6.45) is 3.65. The van der Waals surface area contributed by atoms with Crippen LogP contribution in [0.5, 0.6) is 0 Å². The van der Waals surface area contributed by atoms with Gasteiger partial charge in [-0.05, 0) is 13.3 Å². The van der Waals surface area contributed by atoms with Crippen LogP contribution in [0.15, 0.2) is 0 Å². The first-order valence-corrected chi connectivity index (χ1v) is 6.01. The molecule has 0 N–H and O–H groups in total. The molecule has 0 fully saturated rings. The van der Waals surface area contributed by atoms with Crippen molar-refractivity contribution in [2.75, 3.05) is 13.2 Å². The van der Waals surface area contributed by atoms with E-state index >= 15 is 0 Å². The number of carbonyl (C=O) groups excluding carboxylic acids is 1. The number of hydrogen-bond donors (Lipinski definition) is 0. The van der Waals surface area contributed by atoms with E-state index in [1.807, 2.05) is 6.92 Å². The fourth-order valence-corrected chi connectivity index (χ4v) is 1.29. The summed E-state index contributed by atoms with van der Waals surface area (Å²) in [5.41, 5.74) is 0. The van der Waals surface area contributed by atoms with Crippen molar-refractivity contribution in [2.45, 2.75) is 59.2 Å². The van der Waals surface area contributed by atoms with Gasteiger partial charge in [0, 0.05) is 20.5 Å². The molecule has 4 heteroatoms. The van der Waals surface area contributed by atoms with Gasteiger partial charge in [-0.25, -0.2) is 4.79 Å². The van der Waals surface area contributed by atoms with Crippen LogP contribution in [-0.4, -0.2) is 25.2 Å². The van der Waals surface area contributed by atoms with Crippen molar-refractivity contribution in [2.24, 2.45) is 0 Å². The van der Waals surface area contributed by atoms with E-state index in [1.54, 1.807) is 13.8 Å². The maximum Gasteiger partial charge on any atom is 0.510 e. The summed E-state index contributed by atoms with van der Waals surface area (Å²) in [7, 11) is 0. The van der Waals surface area contributed by atoms with Crippen LogP contribution in [0.2, 0.25) is 0 Å². The lowest BCUT2D eigenvalue weighted by molar-refractivity contribution is -0.186. The van der Waals surface area contributed by atoms with Crippen LogP contribution in [0.4, 0.5) is 4.79 Å². The molecule has 0 aromatic rings. The van der Waals surface area contributed by atoms with Gasteiger partial charge in [-0.3, -0.25) is 0 Å². The van der Waals surface area contributed by atoms with Gasteiger partial charge in [0.25, 0.3) is 0 Å². The molecule has 0 saturated carbocycles. The Balaban J connectivity index is 3.58. The molecular formula is C12H24O4. The minimum Gasteiger partial charge on any atom is -0.434 e. The summed E-state index contributed by atoms with van der Waals surface area (Å²) in [6.45, 7) is 8.28. The van der Waals surface area contributed by atoms with E-state index in [2.05, 4.69) is 6.92 Å². The van der Waals surface area contributed by atoms with Crippen molar-refractivity contribution in [3.8, 4) is 0 Å². The molecular weight excluding hydrogens is 208 g/mol. The second-order valence-corrected chi connectivity index (χ2v) is 4.09. The molecule has 0 aromatic carbocycles. The number of ether oxygens (including phenoxy) is 3. The Morgan fingerprint density at radius 3 is 2.38 bits per heavy atom. The lowest BCUT2D eigenvalue weighted by Gasteiger charge is -2.23. The largest absolute Gasteiger partial charge is 0.510 e.